The third kappa shape index (κ3) is 5.05. The molecule has 1 aromatic heterocycles. The fraction of sp³-hybridized carbons (Fsp3) is 0.500. The zero-order valence-corrected chi connectivity index (χ0v) is 17.3. The zero-order valence-electron chi connectivity index (χ0n) is 17.3. The molecule has 1 saturated carbocycles. The number of nitrogens with one attached hydrogen (secondary N) is 1. The van der Waals surface area contributed by atoms with Gasteiger partial charge in [0.05, 0.1) is 22.9 Å². The summed E-state index contributed by atoms with van der Waals surface area (Å²) in [4.78, 5) is 19.9. The van der Waals surface area contributed by atoms with Gasteiger partial charge in [-0.1, -0.05) is 18.6 Å². The topological polar surface area (TPSA) is 65.5 Å². The third-order valence-corrected chi connectivity index (χ3v) is 6.41. The van der Waals surface area contributed by atoms with Crippen LogP contribution in [0.5, 0.6) is 0 Å². The van der Waals surface area contributed by atoms with Gasteiger partial charge in [0.15, 0.2) is 0 Å². The lowest BCUT2D eigenvalue weighted by Crippen LogP contribution is -2.58. The maximum Gasteiger partial charge on any atom is 0.253 e. The molecule has 1 aliphatic heterocycles. The van der Waals surface area contributed by atoms with E-state index in [2.05, 4.69) is 15.2 Å². The Labute approximate surface area is 177 Å². The van der Waals surface area contributed by atoms with Crippen LogP contribution in [0.15, 0.2) is 42.6 Å². The fourth-order valence-corrected chi connectivity index (χ4v) is 4.68. The largest absolute Gasteiger partial charge is 0.393 e. The van der Waals surface area contributed by atoms with Crippen LogP contribution in [0.25, 0.3) is 11.3 Å². The number of carbonyl (C=O) groups is 1. The predicted molar refractivity (Wildman–Crippen MR) is 115 cm³/mol. The Hall–Kier alpha value is -2.31. The SMILES string of the molecule is O=C(NC1(CN2CCCCC2)CCC(O)CC1)c1ccc(-c2cccc(F)c2)nc1. The molecule has 0 radical (unpaired) electrons. The van der Waals surface area contributed by atoms with Crippen LogP contribution in [0, 0.1) is 5.82 Å². The van der Waals surface area contributed by atoms with E-state index < -0.39 is 0 Å². The van der Waals surface area contributed by atoms with Gasteiger partial charge >= 0.3 is 0 Å². The monoisotopic (exact) mass is 411 g/mol. The number of pyridine rings is 1. The number of nitrogens with zero attached hydrogens (tertiary/aromatic N) is 2. The van der Waals surface area contributed by atoms with E-state index in [0.717, 1.165) is 32.5 Å². The molecule has 1 aromatic carbocycles. The summed E-state index contributed by atoms with van der Waals surface area (Å²) in [7, 11) is 0. The van der Waals surface area contributed by atoms with Crippen molar-refractivity contribution < 1.29 is 14.3 Å². The van der Waals surface area contributed by atoms with Crippen molar-refractivity contribution in [2.24, 2.45) is 0 Å². The van der Waals surface area contributed by atoms with Crippen LogP contribution in [-0.2, 0) is 0 Å². The van der Waals surface area contributed by atoms with E-state index in [1.54, 1.807) is 30.5 Å². The van der Waals surface area contributed by atoms with Gasteiger partial charge in [0.25, 0.3) is 5.91 Å². The van der Waals surface area contributed by atoms with E-state index in [9.17, 15) is 14.3 Å². The van der Waals surface area contributed by atoms with Gasteiger partial charge in [0.2, 0.25) is 0 Å². The summed E-state index contributed by atoms with van der Waals surface area (Å²) in [6.45, 7) is 2.98. The maximum atomic E-state index is 13.5. The third-order valence-electron chi connectivity index (χ3n) is 6.41. The standard InChI is InChI=1S/C24H30FN3O2/c25-20-6-4-5-18(15-20)22-8-7-19(16-26-22)23(30)27-24(11-9-21(29)10-12-24)17-28-13-2-1-3-14-28/h4-8,15-16,21,29H,1-3,9-14,17H2,(H,27,30). The summed E-state index contributed by atoms with van der Waals surface area (Å²) >= 11 is 0. The summed E-state index contributed by atoms with van der Waals surface area (Å²) in [5, 5.41) is 13.3. The summed E-state index contributed by atoms with van der Waals surface area (Å²) < 4.78 is 13.5. The van der Waals surface area contributed by atoms with E-state index in [1.807, 2.05) is 0 Å². The average Bonchev–Trinajstić information content (AvgIpc) is 2.77. The molecule has 2 fully saturated rings. The number of halogens is 1. The molecule has 0 unspecified atom stereocenters. The van der Waals surface area contributed by atoms with Crippen LogP contribution in [0.2, 0.25) is 0 Å². The van der Waals surface area contributed by atoms with Gasteiger partial charge in [-0.25, -0.2) is 4.39 Å². The number of rotatable bonds is 5. The Morgan fingerprint density at radius 3 is 2.60 bits per heavy atom. The second-order valence-corrected chi connectivity index (χ2v) is 8.74. The van der Waals surface area contributed by atoms with Crippen molar-refractivity contribution in [1.29, 1.82) is 0 Å². The molecular formula is C24H30FN3O2. The Bertz CT molecular complexity index is 857. The van der Waals surface area contributed by atoms with Crippen LogP contribution in [0.4, 0.5) is 4.39 Å². The molecule has 2 aromatic rings. The molecule has 30 heavy (non-hydrogen) atoms. The van der Waals surface area contributed by atoms with Crippen LogP contribution >= 0.6 is 0 Å². The molecule has 1 saturated heterocycles. The Morgan fingerprint density at radius 1 is 1.17 bits per heavy atom. The van der Waals surface area contributed by atoms with Crippen molar-refractivity contribution in [3.05, 3.63) is 54.0 Å². The average molecular weight is 412 g/mol. The Kier molecular flexibility index (Phi) is 6.44. The highest BCUT2D eigenvalue weighted by molar-refractivity contribution is 5.94. The van der Waals surface area contributed by atoms with Crippen molar-refractivity contribution in [3.8, 4) is 11.3 Å². The highest BCUT2D eigenvalue weighted by Gasteiger charge is 2.38. The molecule has 2 heterocycles. The number of likely N-dealkylation sites (tertiary alicyclic amines) is 1. The molecule has 2 aliphatic rings. The van der Waals surface area contributed by atoms with E-state index in [0.29, 0.717) is 29.7 Å². The molecule has 0 bridgehead atoms. The Morgan fingerprint density at radius 2 is 1.93 bits per heavy atom. The van der Waals surface area contributed by atoms with Crippen LogP contribution in [0.3, 0.4) is 0 Å². The molecule has 1 aliphatic carbocycles. The number of carbonyl (C=O) groups excluding carboxylic acids is 1. The minimum atomic E-state index is -0.311. The predicted octanol–water partition coefficient (Wildman–Crippen LogP) is 3.78. The van der Waals surface area contributed by atoms with Gasteiger partial charge in [-0.05, 0) is 75.9 Å². The number of aliphatic hydroxyl groups is 1. The van der Waals surface area contributed by atoms with Gasteiger partial charge in [-0.3, -0.25) is 9.78 Å². The van der Waals surface area contributed by atoms with E-state index in [1.165, 1.54) is 31.4 Å². The summed E-state index contributed by atoms with van der Waals surface area (Å²) in [5.41, 5.74) is 1.51. The van der Waals surface area contributed by atoms with Gasteiger partial charge in [-0.15, -0.1) is 0 Å². The van der Waals surface area contributed by atoms with Crippen molar-refractivity contribution in [2.45, 2.75) is 56.6 Å². The molecule has 4 rings (SSSR count). The van der Waals surface area contributed by atoms with Crippen LogP contribution in [0.1, 0.15) is 55.3 Å². The van der Waals surface area contributed by atoms with Gasteiger partial charge in [0.1, 0.15) is 5.82 Å². The second-order valence-electron chi connectivity index (χ2n) is 8.74. The summed E-state index contributed by atoms with van der Waals surface area (Å²) in [6, 6.07) is 9.78. The second kappa shape index (κ2) is 9.23. The lowest BCUT2D eigenvalue weighted by Gasteiger charge is -2.43. The lowest BCUT2D eigenvalue weighted by atomic mass is 9.79. The van der Waals surface area contributed by atoms with Gasteiger partial charge in [-0.2, -0.15) is 0 Å². The van der Waals surface area contributed by atoms with Gasteiger partial charge in [0, 0.05) is 18.3 Å². The van der Waals surface area contributed by atoms with E-state index in [-0.39, 0.29) is 23.4 Å². The molecule has 0 atom stereocenters. The number of piperidine rings is 1. The highest BCUT2D eigenvalue weighted by atomic mass is 19.1. The molecule has 2 N–H and O–H groups in total. The first-order valence-electron chi connectivity index (χ1n) is 11.0. The van der Waals surface area contributed by atoms with Crippen LogP contribution < -0.4 is 5.32 Å². The molecule has 0 spiro atoms. The highest BCUT2D eigenvalue weighted by Crippen LogP contribution is 2.31. The Balaban J connectivity index is 1.47. The summed E-state index contributed by atoms with van der Waals surface area (Å²) in [5.74, 6) is -0.447. The number of hydrogen-bond acceptors (Lipinski definition) is 4. The first-order valence-corrected chi connectivity index (χ1v) is 11.0. The molecule has 1 amide bonds. The first kappa shape index (κ1) is 20.9. The number of amides is 1. The molecule has 6 heteroatoms. The molecular weight excluding hydrogens is 381 g/mol. The van der Waals surface area contributed by atoms with Crippen molar-refractivity contribution in [3.63, 3.8) is 0 Å². The fourth-order valence-electron chi connectivity index (χ4n) is 4.68. The van der Waals surface area contributed by atoms with E-state index >= 15 is 0 Å². The summed E-state index contributed by atoms with van der Waals surface area (Å²) in [6.07, 6.45) is 7.96. The number of hydrogen-bond donors (Lipinski definition) is 2. The maximum absolute atomic E-state index is 13.5. The number of aliphatic hydroxyl groups excluding tert-OH is 1. The number of benzene rings is 1. The molecule has 5 nitrogen and oxygen atoms in total. The normalized spacial score (nSPS) is 25.1. The van der Waals surface area contributed by atoms with Gasteiger partial charge < -0.3 is 15.3 Å². The zero-order chi connectivity index (χ0) is 21.0. The minimum absolute atomic E-state index is 0.137. The van der Waals surface area contributed by atoms with Crippen molar-refractivity contribution >= 4 is 5.91 Å². The minimum Gasteiger partial charge on any atom is -0.393 e. The smallest absolute Gasteiger partial charge is 0.253 e. The van der Waals surface area contributed by atoms with Crippen molar-refractivity contribution in [2.75, 3.05) is 19.6 Å². The van der Waals surface area contributed by atoms with Crippen molar-refractivity contribution in [1.82, 2.24) is 15.2 Å². The first-order chi connectivity index (χ1) is 14.5. The lowest BCUT2D eigenvalue weighted by molar-refractivity contribution is 0.0509. The molecule has 160 valence electrons. The van der Waals surface area contributed by atoms with Crippen LogP contribution in [-0.4, -0.2) is 52.2 Å². The number of aromatic nitrogens is 1. The van der Waals surface area contributed by atoms with E-state index in [4.69, 9.17) is 0 Å². The quantitative estimate of drug-likeness (QED) is 0.786.